The molecule has 0 amide bonds. The topological polar surface area (TPSA) is 23.5 Å². The molecule has 1 aliphatic heterocycles. The van der Waals surface area contributed by atoms with E-state index in [0.29, 0.717) is 11.7 Å². The Morgan fingerprint density at radius 2 is 2.05 bits per heavy atom. The van der Waals surface area contributed by atoms with Crippen LogP contribution in [-0.2, 0) is 12.8 Å². The lowest BCUT2D eigenvalue weighted by Crippen LogP contribution is -2.39. The summed E-state index contributed by atoms with van der Waals surface area (Å²) in [5, 5.41) is 9.11. The predicted molar refractivity (Wildman–Crippen MR) is 77.3 cm³/mol. The number of piperidine rings is 1. The third-order valence-corrected chi connectivity index (χ3v) is 4.15. The van der Waals surface area contributed by atoms with E-state index in [4.69, 9.17) is 5.11 Å². The number of alkyl halides is 3. The van der Waals surface area contributed by atoms with Crippen molar-refractivity contribution >= 4 is 5.69 Å². The van der Waals surface area contributed by atoms with E-state index in [1.165, 1.54) is 12.1 Å². The fraction of sp³-hybridized carbons (Fsp3) is 0.625. The van der Waals surface area contributed by atoms with Crippen molar-refractivity contribution in [2.45, 2.75) is 57.9 Å². The van der Waals surface area contributed by atoms with E-state index in [9.17, 15) is 13.2 Å². The lowest BCUT2D eigenvalue weighted by atomic mass is 9.96. The number of benzene rings is 1. The van der Waals surface area contributed by atoms with Gasteiger partial charge in [-0.1, -0.05) is 19.4 Å². The average Bonchev–Trinajstić information content (AvgIpc) is 2.46. The van der Waals surface area contributed by atoms with Crippen molar-refractivity contribution in [3.05, 3.63) is 29.3 Å². The summed E-state index contributed by atoms with van der Waals surface area (Å²) >= 11 is 0. The van der Waals surface area contributed by atoms with Crippen LogP contribution in [0.25, 0.3) is 0 Å². The minimum Gasteiger partial charge on any atom is -0.392 e. The smallest absolute Gasteiger partial charge is 0.392 e. The van der Waals surface area contributed by atoms with Gasteiger partial charge in [-0.05, 0) is 43.4 Å². The summed E-state index contributed by atoms with van der Waals surface area (Å²) in [6.07, 6.45) is 0.803. The Kier molecular flexibility index (Phi) is 5.14. The number of nitrogens with zero attached hydrogens (tertiary/aromatic N) is 1. The number of halogens is 3. The van der Waals surface area contributed by atoms with Crippen LogP contribution in [0, 0.1) is 0 Å². The Bertz CT molecular complexity index is 471. The Labute approximate surface area is 123 Å². The summed E-state index contributed by atoms with van der Waals surface area (Å²) in [6.45, 7) is 2.32. The fourth-order valence-corrected chi connectivity index (χ4v) is 3.12. The first-order chi connectivity index (χ1) is 9.97. The third-order valence-electron chi connectivity index (χ3n) is 4.15. The molecule has 2 nitrogen and oxygen atoms in total. The molecule has 5 heteroatoms. The molecule has 1 aromatic rings. The van der Waals surface area contributed by atoms with Gasteiger partial charge in [0.25, 0.3) is 0 Å². The molecule has 1 aromatic carbocycles. The van der Waals surface area contributed by atoms with Crippen molar-refractivity contribution in [2.24, 2.45) is 0 Å². The minimum absolute atomic E-state index is 0.0599. The fourth-order valence-electron chi connectivity index (χ4n) is 3.12. The van der Waals surface area contributed by atoms with E-state index in [0.717, 1.165) is 38.6 Å². The van der Waals surface area contributed by atoms with Crippen molar-refractivity contribution in [3.63, 3.8) is 0 Å². The lowest BCUT2D eigenvalue weighted by molar-refractivity contribution is -0.138. The van der Waals surface area contributed by atoms with Crippen molar-refractivity contribution in [1.82, 2.24) is 0 Å². The number of aliphatic hydroxyl groups excluding tert-OH is 1. The second-order valence-corrected chi connectivity index (χ2v) is 5.63. The highest BCUT2D eigenvalue weighted by Crippen LogP contribution is 2.36. The first-order valence-corrected chi connectivity index (χ1v) is 7.55. The monoisotopic (exact) mass is 301 g/mol. The van der Waals surface area contributed by atoms with Gasteiger partial charge in [0, 0.05) is 18.3 Å². The molecule has 0 radical (unpaired) electrons. The number of rotatable bonds is 4. The zero-order valence-corrected chi connectivity index (χ0v) is 12.3. The molecule has 0 saturated carbocycles. The van der Waals surface area contributed by atoms with Gasteiger partial charge in [0.15, 0.2) is 0 Å². The van der Waals surface area contributed by atoms with Crippen LogP contribution in [0.4, 0.5) is 18.9 Å². The van der Waals surface area contributed by atoms with Crippen LogP contribution < -0.4 is 4.90 Å². The largest absolute Gasteiger partial charge is 0.416 e. The number of hydrogen-bond acceptors (Lipinski definition) is 2. The second kappa shape index (κ2) is 6.69. The molecule has 21 heavy (non-hydrogen) atoms. The molecular weight excluding hydrogens is 279 g/mol. The number of aliphatic hydroxyl groups is 1. The molecule has 1 aliphatic rings. The van der Waals surface area contributed by atoms with Gasteiger partial charge in [0.2, 0.25) is 0 Å². The zero-order valence-electron chi connectivity index (χ0n) is 12.3. The molecule has 0 bridgehead atoms. The van der Waals surface area contributed by atoms with Gasteiger partial charge in [-0.25, -0.2) is 0 Å². The van der Waals surface area contributed by atoms with Crippen LogP contribution >= 0.6 is 0 Å². The van der Waals surface area contributed by atoms with Gasteiger partial charge in [-0.2, -0.15) is 13.2 Å². The van der Waals surface area contributed by atoms with E-state index in [-0.39, 0.29) is 5.56 Å². The average molecular weight is 301 g/mol. The summed E-state index contributed by atoms with van der Waals surface area (Å²) in [6, 6.07) is 4.62. The van der Waals surface area contributed by atoms with Gasteiger partial charge >= 0.3 is 6.18 Å². The summed E-state index contributed by atoms with van der Waals surface area (Å²) in [5.74, 6) is 0. The normalized spacial score (nSPS) is 19.9. The molecular formula is C16H22F3NO. The summed E-state index contributed by atoms with van der Waals surface area (Å²) in [4.78, 5) is 2.10. The van der Waals surface area contributed by atoms with Crippen LogP contribution in [0.5, 0.6) is 0 Å². The highest BCUT2D eigenvalue weighted by atomic mass is 19.4. The maximum atomic E-state index is 13.1. The van der Waals surface area contributed by atoms with Gasteiger partial charge in [-0.3, -0.25) is 0 Å². The van der Waals surface area contributed by atoms with E-state index < -0.39 is 18.3 Å². The minimum atomic E-state index is -4.43. The van der Waals surface area contributed by atoms with Crippen LogP contribution in [0.15, 0.2) is 18.2 Å². The Morgan fingerprint density at radius 1 is 1.29 bits per heavy atom. The van der Waals surface area contributed by atoms with Crippen LogP contribution in [-0.4, -0.2) is 17.7 Å². The van der Waals surface area contributed by atoms with E-state index >= 15 is 0 Å². The SMILES string of the molecule is CCCC1CCCCN1c1ccc(CO)c(C(F)(F)F)c1. The third kappa shape index (κ3) is 3.70. The van der Waals surface area contributed by atoms with Crippen LogP contribution in [0.1, 0.15) is 50.2 Å². The molecule has 1 atom stereocenters. The molecule has 0 spiro atoms. The molecule has 1 heterocycles. The zero-order chi connectivity index (χ0) is 15.5. The van der Waals surface area contributed by atoms with Gasteiger partial charge in [0.1, 0.15) is 0 Å². The maximum Gasteiger partial charge on any atom is 0.416 e. The van der Waals surface area contributed by atoms with Crippen LogP contribution in [0.3, 0.4) is 0 Å². The van der Waals surface area contributed by atoms with Gasteiger partial charge in [0.05, 0.1) is 12.2 Å². The Balaban J connectivity index is 2.34. The highest BCUT2D eigenvalue weighted by Gasteiger charge is 2.34. The first-order valence-electron chi connectivity index (χ1n) is 7.55. The van der Waals surface area contributed by atoms with Crippen molar-refractivity contribution in [2.75, 3.05) is 11.4 Å². The highest BCUT2D eigenvalue weighted by molar-refractivity contribution is 5.53. The van der Waals surface area contributed by atoms with Crippen molar-refractivity contribution < 1.29 is 18.3 Å². The van der Waals surface area contributed by atoms with Gasteiger partial charge in [-0.15, -0.1) is 0 Å². The van der Waals surface area contributed by atoms with E-state index in [2.05, 4.69) is 11.8 Å². The van der Waals surface area contributed by atoms with Crippen molar-refractivity contribution in [3.8, 4) is 0 Å². The van der Waals surface area contributed by atoms with E-state index in [1.807, 2.05) is 0 Å². The maximum absolute atomic E-state index is 13.1. The molecule has 0 aromatic heterocycles. The number of anilines is 1. The van der Waals surface area contributed by atoms with E-state index in [1.54, 1.807) is 6.07 Å². The van der Waals surface area contributed by atoms with Crippen LogP contribution in [0.2, 0.25) is 0 Å². The molecule has 118 valence electrons. The van der Waals surface area contributed by atoms with Gasteiger partial charge < -0.3 is 10.0 Å². The standard InChI is InChI=1S/C16H22F3NO/c1-2-5-13-6-3-4-9-20(13)14-8-7-12(11-21)15(10-14)16(17,18)19/h7-8,10,13,21H,2-6,9,11H2,1H3. The first kappa shape index (κ1) is 16.1. The summed E-state index contributed by atoms with van der Waals surface area (Å²) < 4.78 is 39.3. The molecule has 1 N–H and O–H groups in total. The molecule has 2 rings (SSSR count). The molecule has 1 fully saturated rings. The quantitative estimate of drug-likeness (QED) is 0.893. The Hall–Kier alpha value is -1.23. The predicted octanol–water partition coefficient (Wildman–Crippen LogP) is 4.36. The summed E-state index contributed by atoms with van der Waals surface area (Å²) in [7, 11) is 0. The molecule has 0 aliphatic carbocycles. The lowest BCUT2D eigenvalue weighted by Gasteiger charge is -2.38. The Morgan fingerprint density at radius 3 is 2.67 bits per heavy atom. The number of hydrogen-bond donors (Lipinski definition) is 1. The molecule has 1 saturated heterocycles. The van der Waals surface area contributed by atoms with Crippen molar-refractivity contribution in [1.29, 1.82) is 0 Å². The second-order valence-electron chi connectivity index (χ2n) is 5.63. The summed E-state index contributed by atoms with van der Waals surface area (Å²) in [5.41, 5.74) is -0.156. The molecule has 1 unspecified atom stereocenters.